The van der Waals surface area contributed by atoms with E-state index >= 15 is 0 Å². The largest absolute Gasteiger partial charge is 0.493 e. The first-order valence-corrected chi connectivity index (χ1v) is 11.8. The summed E-state index contributed by atoms with van der Waals surface area (Å²) >= 11 is 0. The van der Waals surface area contributed by atoms with E-state index in [0.717, 1.165) is 11.1 Å². The van der Waals surface area contributed by atoms with Crippen LogP contribution in [0.4, 0.5) is 5.69 Å². The number of aryl methyl sites for hydroxylation is 1. The average molecular weight is 500 g/mol. The molecule has 0 aliphatic carbocycles. The molecule has 0 saturated carbocycles. The highest BCUT2D eigenvalue weighted by Crippen LogP contribution is 2.35. The number of amides is 2. The number of hydrogen-bond donors (Lipinski definition) is 2. The van der Waals surface area contributed by atoms with Gasteiger partial charge in [-0.1, -0.05) is 48.5 Å². The molecule has 0 atom stereocenters. The van der Waals surface area contributed by atoms with Crippen LogP contribution in [0.2, 0.25) is 0 Å². The summed E-state index contributed by atoms with van der Waals surface area (Å²) in [6.07, 6.45) is 0.410. The first-order valence-electron chi connectivity index (χ1n) is 11.8. The molecule has 0 fully saturated rings. The number of rotatable bonds is 9. The monoisotopic (exact) mass is 499 g/mol. The SMILES string of the molecule is COc1cc(CCNC(C)=O)c(NC(=O)C(=O)c2c(-c3ccccc3)n(C)c3ccccc23)cc1OC. The maximum Gasteiger partial charge on any atom is 0.296 e. The third kappa shape index (κ3) is 5.18. The zero-order valence-electron chi connectivity index (χ0n) is 21.3. The molecule has 2 amide bonds. The normalized spacial score (nSPS) is 10.7. The molecule has 2 N–H and O–H groups in total. The summed E-state index contributed by atoms with van der Waals surface area (Å²) in [4.78, 5) is 38.5. The molecule has 0 aliphatic heterocycles. The van der Waals surface area contributed by atoms with Crippen LogP contribution in [0.1, 0.15) is 22.8 Å². The lowest BCUT2D eigenvalue weighted by Crippen LogP contribution is -2.25. The Morgan fingerprint density at radius 3 is 2.22 bits per heavy atom. The number of anilines is 1. The summed E-state index contributed by atoms with van der Waals surface area (Å²) < 4.78 is 12.7. The van der Waals surface area contributed by atoms with Crippen molar-refractivity contribution in [2.75, 3.05) is 26.1 Å². The molecule has 0 bridgehead atoms. The molecule has 0 aliphatic rings. The van der Waals surface area contributed by atoms with Gasteiger partial charge in [0.05, 0.1) is 25.5 Å². The van der Waals surface area contributed by atoms with Gasteiger partial charge in [-0.05, 0) is 29.7 Å². The maximum absolute atomic E-state index is 13.7. The second-order valence-corrected chi connectivity index (χ2v) is 8.55. The predicted octanol–water partition coefficient (Wildman–Crippen LogP) is 4.36. The third-order valence-corrected chi connectivity index (χ3v) is 6.21. The van der Waals surface area contributed by atoms with E-state index < -0.39 is 11.7 Å². The fraction of sp³-hybridized carbons (Fsp3) is 0.207. The van der Waals surface area contributed by atoms with Crippen molar-refractivity contribution in [2.45, 2.75) is 13.3 Å². The van der Waals surface area contributed by atoms with Gasteiger partial charge in [0.2, 0.25) is 5.91 Å². The van der Waals surface area contributed by atoms with Crippen LogP contribution in [0.25, 0.3) is 22.2 Å². The van der Waals surface area contributed by atoms with Crippen molar-refractivity contribution in [2.24, 2.45) is 7.05 Å². The van der Waals surface area contributed by atoms with Crippen LogP contribution < -0.4 is 20.1 Å². The van der Waals surface area contributed by atoms with Gasteiger partial charge in [0.15, 0.2) is 11.5 Å². The van der Waals surface area contributed by atoms with E-state index in [1.807, 2.05) is 66.2 Å². The quantitative estimate of drug-likeness (QED) is 0.263. The maximum atomic E-state index is 13.7. The van der Waals surface area contributed by atoms with Gasteiger partial charge < -0.3 is 24.7 Å². The minimum absolute atomic E-state index is 0.161. The molecule has 1 aromatic heterocycles. The standard InChI is InChI=1S/C29H29N3O5/c1-18(33)30-15-14-20-16-24(36-3)25(37-4)17-22(20)31-29(35)28(34)26-21-12-8-9-13-23(21)32(2)27(26)19-10-6-5-7-11-19/h5-13,16-17H,14-15H2,1-4H3,(H,30,33)(H,31,35). The first kappa shape index (κ1) is 25.5. The topological polar surface area (TPSA) is 98.7 Å². The molecule has 0 saturated heterocycles. The highest BCUT2D eigenvalue weighted by molar-refractivity contribution is 6.49. The van der Waals surface area contributed by atoms with Crippen molar-refractivity contribution in [1.82, 2.24) is 9.88 Å². The van der Waals surface area contributed by atoms with Gasteiger partial charge in [0, 0.05) is 43.2 Å². The number of Topliss-reactive ketones (excluding diaryl/α,β-unsaturated/α-hetero) is 1. The number of nitrogens with zero attached hydrogens (tertiary/aromatic N) is 1. The minimum atomic E-state index is -0.776. The molecule has 1 heterocycles. The van der Waals surface area contributed by atoms with Gasteiger partial charge in [0.25, 0.3) is 11.7 Å². The summed E-state index contributed by atoms with van der Waals surface area (Å²) in [5.41, 5.74) is 3.78. The number of methoxy groups -OCH3 is 2. The van der Waals surface area contributed by atoms with Gasteiger partial charge >= 0.3 is 0 Å². The second kappa shape index (κ2) is 11.0. The lowest BCUT2D eigenvalue weighted by molar-refractivity contribution is -0.119. The number of carbonyl (C=O) groups is 3. The summed E-state index contributed by atoms with van der Waals surface area (Å²) in [6, 6.07) is 20.4. The lowest BCUT2D eigenvalue weighted by atomic mass is 10.0. The molecule has 8 nitrogen and oxygen atoms in total. The molecule has 4 aromatic rings. The van der Waals surface area contributed by atoms with Crippen molar-refractivity contribution >= 4 is 34.2 Å². The van der Waals surface area contributed by atoms with Crippen molar-refractivity contribution in [3.8, 4) is 22.8 Å². The van der Waals surface area contributed by atoms with E-state index in [0.29, 0.717) is 52.4 Å². The number of aromatic nitrogens is 1. The Hall–Kier alpha value is -4.59. The number of benzene rings is 3. The Bertz CT molecular complexity index is 1470. The van der Waals surface area contributed by atoms with Crippen molar-refractivity contribution < 1.29 is 23.9 Å². The number of nitrogens with one attached hydrogen (secondary N) is 2. The molecule has 37 heavy (non-hydrogen) atoms. The van der Waals surface area contributed by atoms with E-state index in [1.54, 1.807) is 12.1 Å². The van der Waals surface area contributed by atoms with Crippen LogP contribution >= 0.6 is 0 Å². The first-order chi connectivity index (χ1) is 17.8. The summed E-state index contributed by atoms with van der Waals surface area (Å²) in [5, 5.41) is 6.22. The zero-order chi connectivity index (χ0) is 26.5. The molecule has 8 heteroatoms. The summed E-state index contributed by atoms with van der Waals surface area (Å²) in [7, 11) is 4.89. The van der Waals surface area contributed by atoms with Crippen molar-refractivity contribution in [1.29, 1.82) is 0 Å². The highest BCUT2D eigenvalue weighted by atomic mass is 16.5. The number of hydrogen-bond acceptors (Lipinski definition) is 5. The van der Waals surface area contributed by atoms with Crippen LogP contribution in [-0.2, 0) is 23.1 Å². The average Bonchev–Trinajstić information content (AvgIpc) is 3.21. The fourth-order valence-electron chi connectivity index (χ4n) is 4.47. The Labute approximate surface area is 215 Å². The van der Waals surface area contributed by atoms with Crippen molar-refractivity contribution in [3.63, 3.8) is 0 Å². The van der Waals surface area contributed by atoms with E-state index in [1.165, 1.54) is 21.1 Å². The van der Waals surface area contributed by atoms with Crippen LogP contribution in [0.5, 0.6) is 11.5 Å². The Morgan fingerprint density at radius 2 is 1.54 bits per heavy atom. The highest BCUT2D eigenvalue weighted by Gasteiger charge is 2.27. The smallest absolute Gasteiger partial charge is 0.296 e. The zero-order valence-corrected chi connectivity index (χ0v) is 21.3. The number of para-hydroxylation sites is 1. The van der Waals surface area contributed by atoms with E-state index in [4.69, 9.17) is 9.47 Å². The van der Waals surface area contributed by atoms with E-state index in [-0.39, 0.29) is 5.91 Å². The lowest BCUT2D eigenvalue weighted by Gasteiger charge is -2.16. The number of ketones is 1. The second-order valence-electron chi connectivity index (χ2n) is 8.55. The van der Waals surface area contributed by atoms with Gasteiger partial charge in [-0.2, -0.15) is 0 Å². The third-order valence-electron chi connectivity index (χ3n) is 6.21. The molecular formula is C29H29N3O5. The van der Waals surface area contributed by atoms with Gasteiger partial charge in [-0.3, -0.25) is 14.4 Å². The van der Waals surface area contributed by atoms with Crippen LogP contribution in [0.15, 0.2) is 66.7 Å². The minimum Gasteiger partial charge on any atom is -0.493 e. The van der Waals surface area contributed by atoms with Crippen LogP contribution in [0, 0.1) is 0 Å². The summed E-state index contributed by atoms with van der Waals surface area (Å²) in [5.74, 6) is -0.709. The van der Waals surface area contributed by atoms with Crippen molar-refractivity contribution in [3.05, 3.63) is 77.9 Å². The molecule has 190 valence electrons. The molecular weight excluding hydrogens is 470 g/mol. The number of ether oxygens (including phenoxy) is 2. The Morgan fingerprint density at radius 1 is 0.892 bits per heavy atom. The molecule has 0 unspecified atom stereocenters. The Balaban J connectivity index is 1.75. The Kier molecular flexibility index (Phi) is 7.57. The molecule has 0 radical (unpaired) electrons. The van der Waals surface area contributed by atoms with E-state index in [2.05, 4.69) is 10.6 Å². The van der Waals surface area contributed by atoms with Crippen LogP contribution in [-0.4, -0.2) is 42.9 Å². The number of fused-ring (bicyclic) bond motifs is 1. The van der Waals surface area contributed by atoms with Gasteiger partial charge in [-0.15, -0.1) is 0 Å². The van der Waals surface area contributed by atoms with Crippen LogP contribution in [0.3, 0.4) is 0 Å². The molecule has 4 rings (SSSR count). The molecule has 0 spiro atoms. The van der Waals surface area contributed by atoms with Gasteiger partial charge in [-0.25, -0.2) is 0 Å². The van der Waals surface area contributed by atoms with E-state index in [9.17, 15) is 14.4 Å². The number of carbonyl (C=O) groups excluding carboxylic acids is 3. The molecule has 3 aromatic carbocycles. The fourth-order valence-corrected chi connectivity index (χ4v) is 4.47. The summed E-state index contributed by atoms with van der Waals surface area (Å²) in [6.45, 7) is 1.79. The van der Waals surface area contributed by atoms with Gasteiger partial charge in [0.1, 0.15) is 0 Å². The predicted molar refractivity (Wildman–Crippen MR) is 143 cm³/mol.